The molecule has 0 amide bonds. The van der Waals surface area contributed by atoms with E-state index in [0.29, 0.717) is 22.5 Å². The highest BCUT2D eigenvalue weighted by Crippen LogP contribution is 2.22. The third-order valence-electron chi connectivity index (χ3n) is 3.26. The molecule has 0 aliphatic rings. The van der Waals surface area contributed by atoms with Crippen LogP contribution < -0.4 is 5.56 Å². The molecule has 1 heterocycles. The molecule has 0 N–H and O–H groups in total. The third-order valence-corrected chi connectivity index (χ3v) is 4.27. The van der Waals surface area contributed by atoms with Crippen LogP contribution >= 0.6 is 11.8 Å². The Kier molecular flexibility index (Phi) is 3.75. The van der Waals surface area contributed by atoms with Gasteiger partial charge in [0.2, 0.25) is 0 Å². The Bertz CT molecular complexity index is 843. The summed E-state index contributed by atoms with van der Waals surface area (Å²) in [4.78, 5) is 17.7. The lowest BCUT2D eigenvalue weighted by Crippen LogP contribution is -2.21. The summed E-state index contributed by atoms with van der Waals surface area (Å²) < 4.78 is 14.4. The normalized spacial score (nSPS) is 11.0. The van der Waals surface area contributed by atoms with E-state index in [1.165, 1.54) is 23.9 Å². The fourth-order valence-corrected chi connectivity index (χ4v) is 2.95. The van der Waals surface area contributed by atoms with Crippen molar-refractivity contribution in [1.29, 1.82) is 0 Å². The second-order valence-corrected chi connectivity index (χ2v) is 5.70. The van der Waals surface area contributed by atoms with Crippen LogP contribution in [-0.2, 0) is 12.8 Å². The number of hydrogen-bond donors (Lipinski definition) is 0. The molecule has 3 rings (SSSR count). The van der Waals surface area contributed by atoms with Gasteiger partial charge in [-0.3, -0.25) is 9.36 Å². The second-order valence-electron chi connectivity index (χ2n) is 4.65. The zero-order chi connectivity index (χ0) is 14.8. The SMILES string of the molecule is Cn1c(CSc2ccc(F)cc2)nc2ccccc2c1=O. The van der Waals surface area contributed by atoms with E-state index in [1.807, 2.05) is 18.2 Å². The van der Waals surface area contributed by atoms with E-state index in [9.17, 15) is 9.18 Å². The maximum absolute atomic E-state index is 12.9. The van der Waals surface area contributed by atoms with Crippen LogP contribution in [0.15, 0.2) is 58.2 Å². The highest BCUT2D eigenvalue weighted by atomic mass is 32.2. The van der Waals surface area contributed by atoms with Crippen LogP contribution in [0.2, 0.25) is 0 Å². The van der Waals surface area contributed by atoms with E-state index in [0.717, 1.165) is 4.90 Å². The van der Waals surface area contributed by atoms with Crippen LogP contribution in [0.4, 0.5) is 4.39 Å². The van der Waals surface area contributed by atoms with Crippen LogP contribution in [-0.4, -0.2) is 9.55 Å². The van der Waals surface area contributed by atoms with Gasteiger partial charge in [-0.05, 0) is 36.4 Å². The van der Waals surface area contributed by atoms with Gasteiger partial charge in [0.05, 0.1) is 16.7 Å². The average molecular weight is 300 g/mol. The Labute approximate surface area is 125 Å². The van der Waals surface area contributed by atoms with Gasteiger partial charge >= 0.3 is 0 Å². The van der Waals surface area contributed by atoms with Crippen molar-refractivity contribution in [3.8, 4) is 0 Å². The minimum Gasteiger partial charge on any atom is -0.299 e. The number of para-hydroxylation sites is 1. The summed E-state index contributed by atoms with van der Waals surface area (Å²) in [6.45, 7) is 0. The van der Waals surface area contributed by atoms with Crippen LogP contribution in [0.3, 0.4) is 0 Å². The number of thioether (sulfide) groups is 1. The highest BCUT2D eigenvalue weighted by Gasteiger charge is 2.08. The molecule has 1 aromatic heterocycles. The van der Waals surface area contributed by atoms with E-state index in [1.54, 1.807) is 29.8 Å². The van der Waals surface area contributed by atoms with Crippen LogP contribution in [0.25, 0.3) is 10.9 Å². The van der Waals surface area contributed by atoms with Gasteiger partial charge in [-0.15, -0.1) is 11.8 Å². The largest absolute Gasteiger partial charge is 0.299 e. The minimum absolute atomic E-state index is 0.0460. The number of nitrogens with zero attached hydrogens (tertiary/aromatic N) is 2. The zero-order valence-electron chi connectivity index (χ0n) is 11.4. The summed E-state index contributed by atoms with van der Waals surface area (Å²) in [5.74, 6) is 1.01. The van der Waals surface area contributed by atoms with Gasteiger partial charge < -0.3 is 0 Å². The standard InChI is InChI=1S/C16H13FN2OS/c1-19-15(10-21-12-8-6-11(17)7-9-12)18-14-5-3-2-4-13(14)16(19)20/h2-9H,10H2,1H3. The Hall–Kier alpha value is -2.14. The first-order valence-electron chi connectivity index (χ1n) is 6.48. The van der Waals surface area contributed by atoms with E-state index < -0.39 is 0 Å². The zero-order valence-corrected chi connectivity index (χ0v) is 12.2. The molecule has 0 radical (unpaired) electrons. The molecule has 0 bridgehead atoms. The smallest absolute Gasteiger partial charge is 0.261 e. The first-order chi connectivity index (χ1) is 10.1. The van der Waals surface area contributed by atoms with Gasteiger partial charge in [0.1, 0.15) is 11.6 Å². The quantitative estimate of drug-likeness (QED) is 0.696. The molecule has 3 nitrogen and oxygen atoms in total. The first kappa shape index (κ1) is 13.8. The highest BCUT2D eigenvalue weighted by molar-refractivity contribution is 7.98. The Morgan fingerprint density at radius 2 is 1.86 bits per heavy atom. The Morgan fingerprint density at radius 1 is 1.14 bits per heavy atom. The molecule has 0 saturated heterocycles. The van der Waals surface area contributed by atoms with Crippen molar-refractivity contribution in [2.45, 2.75) is 10.6 Å². The molecule has 0 aliphatic carbocycles. The lowest BCUT2D eigenvalue weighted by atomic mass is 10.2. The van der Waals surface area contributed by atoms with Crippen LogP contribution in [0.5, 0.6) is 0 Å². The van der Waals surface area contributed by atoms with E-state index in [2.05, 4.69) is 4.98 Å². The van der Waals surface area contributed by atoms with Gasteiger partial charge in [0.15, 0.2) is 0 Å². The van der Waals surface area contributed by atoms with Gasteiger partial charge in [-0.1, -0.05) is 12.1 Å². The molecule has 0 atom stereocenters. The third kappa shape index (κ3) is 2.83. The molecule has 0 spiro atoms. The van der Waals surface area contributed by atoms with Crippen LogP contribution in [0.1, 0.15) is 5.82 Å². The van der Waals surface area contributed by atoms with Gasteiger partial charge in [-0.25, -0.2) is 9.37 Å². The van der Waals surface area contributed by atoms with Crippen molar-refractivity contribution in [1.82, 2.24) is 9.55 Å². The summed E-state index contributed by atoms with van der Waals surface area (Å²) in [6, 6.07) is 13.6. The molecule has 0 unspecified atom stereocenters. The Balaban J connectivity index is 1.92. The monoisotopic (exact) mass is 300 g/mol. The van der Waals surface area contributed by atoms with E-state index >= 15 is 0 Å². The predicted octanol–water partition coefficient (Wildman–Crippen LogP) is 3.36. The first-order valence-corrected chi connectivity index (χ1v) is 7.47. The molecule has 106 valence electrons. The fraction of sp³-hybridized carbons (Fsp3) is 0.125. The average Bonchev–Trinajstić information content (AvgIpc) is 2.51. The summed E-state index contributed by atoms with van der Waals surface area (Å²) in [5.41, 5.74) is 0.658. The molecular weight excluding hydrogens is 287 g/mol. The fourth-order valence-electron chi connectivity index (χ4n) is 2.07. The molecule has 0 fully saturated rings. The van der Waals surface area contributed by atoms with Crippen molar-refractivity contribution in [2.75, 3.05) is 0 Å². The summed E-state index contributed by atoms with van der Waals surface area (Å²) in [6.07, 6.45) is 0. The number of benzene rings is 2. The maximum atomic E-state index is 12.9. The molecule has 0 aliphatic heterocycles. The Morgan fingerprint density at radius 3 is 2.62 bits per heavy atom. The van der Waals surface area contributed by atoms with E-state index in [4.69, 9.17) is 0 Å². The molecule has 5 heteroatoms. The number of hydrogen-bond acceptors (Lipinski definition) is 3. The van der Waals surface area contributed by atoms with Crippen molar-refractivity contribution < 1.29 is 4.39 Å². The number of halogens is 1. The molecule has 3 aromatic rings. The van der Waals surface area contributed by atoms with Crippen molar-refractivity contribution >= 4 is 22.7 Å². The minimum atomic E-state index is -0.254. The second kappa shape index (κ2) is 5.69. The van der Waals surface area contributed by atoms with Crippen molar-refractivity contribution in [3.05, 3.63) is 70.5 Å². The van der Waals surface area contributed by atoms with Crippen LogP contribution in [0, 0.1) is 5.82 Å². The molecule has 2 aromatic carbocycles. The summed E-state index contributed by atoms with van der Waals surface area (Å²) >= 11 is 1.52. The van der Waals surface area contributed by atoms with Crippen molar-refractivity contribution in [3.63, 3.8) is 0 Å². The van der Waals surface area contributed by atoms with Gasteiger partial charge in [-0.2, -0.15) is 0 Å². The topological polar surface area (TPSA) is 34.9 Å². The number of rotatable bonds is 3. The number of fused-ring (bicyclic) bond motifs is 1. The lowest BCUT2D eigenvalue weighted by molar-refractivity contribution is 0.626. The van der Waals surface area contributed by atoms with Crippen molar-refractivity contribution in [2.24, 2.45) is 7.05 Å². The lowest BCUT2D eigenvalue weighted by Gasteiger charge is -2.09. The van der Waals surface area contributed by atoms with Gasteiger partial charge in [0.25, 0.3) is 5.56 Å². The van der Waals surface area contributed by atoms with Gasteiger partial charge in [0, 0.05) is 11.9 Å². The van der Waals surface area contributed by atoms with E-state index in [-0.39, 0.29) is 11.4 Å². The summed E-state index contributed by atoms with van der Waals surface area (Å²) in [7, 11) is 1.72. The molecular formula is C16H13FN2OS. The predicted molar refractivity (Wildman–Crippen MR) is 82.9 cm³/mol. The molecule has 0 saturated carbocycles. The number of aromatic nitrogens is 2. The maximum Gasteiger partial charge on any atom is 0.261 e. The summed E-state index contributed by atoms with van der Waals surface area (Å²) in [5, 5.41) is 0.621. The molecule has 21 heavy (non-hydrogen) atoms.